The number of benzene rings is 2. The zero-order chi connectivity index (χ0) is 20.5. The minimum atomic E-state index is -0.711. The molecule has 2 amide bonds. The van der Waals surface area contributed by atoms with Crippen LogP contribution in [0.3, 0.4) is 0 Å². The van der Waals surface area contributed by atoms with Gasteiger partial charge in [-0.05, 0) is 41.3 Å². The summed E-state index contributed by atoms with van der Waals surface area (Å²) in [7, 11) is 0. The molecule has 0 aliphatic carbocycles. The molecule has 0 fully saturated rings. The second-order valence-corrected chi connectivity index (χ2v) is 8.39. The van der Waals surface area contributed by atoms with Crippen molar-refractivity contribution in [1.82, 2.24) is 5.32 Å². The van der Waals surface area contributed by atoms with E-state index in [1.54, 1.807) is 23.1 Å². The third-order valence-corrected chi connectivity index (χ3v) is 4.99. The number of nitrogens with one attached hydrogen (secondary N) is 1. The lowest BCUT2D eigenvalue weighted by atomic mass is 9.87. The van der Waals surface area contributed by atoms with Crippen molar-refractivity contribution in [1.29, 1.82) is 0 Å². The fourth-order valence-corrected chi connectivity index (χ4v) is 3.47. The molecule has 148 valence electrons. The normalized spacial score (nSPS) is 16.1. The fraction of sp³-hybridized carbons (Fsp3) is 0.364. The second kappa shape index (κ2) is 7.84. The molecule has 1 atom stereocenters. The number of hydrogen-bond donors (Lipinski definition) is 1. The van der Waals surface area contributed by atoms with Gasteiger partial charge in [0.25, 0.3) is 5.91 Å². The van der Waals surface area contributed by atoms with E-state index in [2.05, 4.69) is 38.2 Å². The minimum Gasteiger partial charge on any atom is -0.492 e. The van der Waals surface area contributed by atoms with E-state index in [9.17, 15) is 9.59 Å². The maximum atomic E-state index is 12.8. The Kier molecular flexibility index (Phi) is 5.66. The number of anilines is 1. The van der Waals surface area contributed by atoms with E-state index >= 15 is 0 Å². The van der Waals surface area contributed by atoms with Crippen molar-refractivity contribution in [2.75, 3.05) is 18.1 Å². The molecule has 3 rings (SSSR count). The number of carbonyl (C=O) groups is 2. The van der Waals surface area contributed by atoms with Crippen molar-refractivity contribution < 1.29 is 14.3 Å². The summed E-state index contributed by atoms with van der Waals surface area (Å²) in [6.45, 7) is 8.61. The molecule has 2 aromatic rings. The predicted molar refractivity (Wildman–Crippen MR) is 111 cm³/mol. The number of carbonyl (C=O) groups excluding carboxylic acids is 2. The van der Waals surface area contributed by atoms with Crippen LogP contribution in [0, 0.1) is 0 Å². The average molecular weight is 401 g/mol. The topological polar surface area (TPSA) is 58.6 Å². The van der Waals surface area contributed by atoms with E-state index in [0.29, 0.717) is 23.7 Å². The van der Waals surface area contributed by atoms with Crippen LogP contribution in [0.5, 0.6) is 5.75 Å². The number of rotatable bonds is 5. The largest absolute Gasteiger partial charge is 0.492 e. The molecule has 0 radical (unpaired) electrons. The van der Waals surface area contributed by atoms with Gasteiger partial charge in [0.15, 0.2) is 0 Å². The first-order valence-electron chi connectivity index (χ1n) is 9.28. The van der Waals surface area contributed by atoms with Crippen LogP contribution in [-0.2, 0) is 15.0 Å². The Morgan fingerprint density at radius 1 is 1.18 bits per heavy atom. The Bertz CT molecular complexity index is 888. The van der Waals surface area contributed by atoms with Crippen molar-refractivity contribution in [2.24, 2.45) is 0 Å². The van der Waals surface area contributed by atoms with Gasteiger partial charge in [0.2, 0.25) is 5.91 Å². The van der Waals surface area contributed by atoms with E-state index in [1.807, 2.05) is 12.1 Å². The molecule has 1 N–H and O–H groups in total. The molecule has 6 heteroatoms. The number of fused-ring (bicyclic) bond motifs is 1. The number of hydrogen-bond acceptors (Lipinski definition) is 3. The van der Waals surface area contributed by atoms with Gasteiger partial charge < -0.3 is 15.0 Å². The fourth-order valence-electron chi connectivity index (χ4n) is 3.29. The third kappa shape index (κ3) is 4.30. The first kappa shape index (κ1) is 20.2. The highest BCUT2D eigenvalue weighted by molar-refractivity contribution is 6.31. The standard InChI is InChI=1S/C22H25ClN2O3/c1-14(26)24-20-18-13-16(23)7-10-19(18)25(21(20)27)11-12-28-17-8-5-15(6-9-17)22(2,3)4/h5-10,13,20H,11-12H2,1-4H3,(H,24,26)/t20-/m0/s1. The maximum Gasteiger partial charge on any atom is 0.254 e. The average Bonchev–Trinajstić information content (AvgIpc) is 2.86. The second-order valence-electron chi connectivity index (χ2n) is 7.95. The highest BCUT2D eigenvalue weighted by Gasteiger charge is 2.37. The molecule has 2 aromatic carbocycles. The van der Waals surface area contributed by atoms with Crippen LogP contribution in [0.2, 0.25) is 5.02 Å². The molecular formula is C22H25ClN2O3. The summed E-state index contributed by atoms with van der Waals surface area (Å²) in [6, 6.07) is 12.6. The maximum absolute atomic E-state index is 12.8. The van der Waals surface area contributed by atoms with Gasteiger partial charge in [0.1, 0.15) is 18.4 Å². The van der Waals surface area contributed by atoms with Crippen LogP contribution in [0.25, 0.3) is 0 Å². The number of nitrogens with zero attached hydrogens (tertiary/aromatic N) is 1. The van der Waals surface area contributed by atoms with Gasteiger partial charge in [-0.3, -0.25) is 9.59 Å². The first-order chi connectivity index (χ1) is 13.2. The zero-order valence-electron chi connectivity index (χ0n) is 16.6. The SMILES string of the molecule is CC(=O)N[C@@H]1C(=O)N(CCOc2ccc(C(C)(C)C)cc2)c2ccc(Cl)cc21. The first-order valence-corrected chi connectivity index (χ1v) is 9.66. The molecule has 0 unspecified atom stereocenters. The van der Waals surface area contributed by atoms with Gasteiger partial charge >= 0.3 is 0 Å². The Morgan fingerprint density at radius 2 is 1.86 bits per heavy atom. The van der Waals surface area contributed by atoms with Gasteiger partial charge in [0, 0.05) is 23.2 Å². The lowest BCUT2D eigenvalue weighted by Crippen LogP contribution is -2.38. The summed E-state index contributed by atoms with van der Waals surface area (Å²) < 4.78 is 5.83. The molecule has 1 aliphatic heterocycles. The molecular weight excluding hydrogens is 376 g/mol. The van der Waals surface area contributed by atoms with Gasteiger partial charge in [-0.1, -0.05) is 44.5 Å². The van der Waals surface area contributed by atoms with Crippen LogP contribution in [0.4, 0.5) is 5.69 Å². The summed E-state index contributed by atoms with van der Waals surface area (Å²) in [4.78, 5) is 26.0. The number of ether oxygens (including phenoxy) is 1. The van der Waals surface area contributed by atoms with E-state index in [-0.39, 0.29) is 17.2 Å². The third-order valence-electron chi connectivity index (χ3n) is 4.76. The predicted octanol–water partition coefficient (Wildman–Crippen LogP) is 4.24. The Morgan fingerprint density at radius 3 is 2.46 bits per heavy atom. The number of halogens is 1. The van der Waals surface area contributed by atoms with E-state index in [4.69, 9.17) is 16.3 Å². The summed E-state index contributed by atoms with van der Waals surface area (Å²) in [5.41, 5.74) is 2.78. The van der Waals surface area contributed by atoms with Gasteiger partial charge in [-0.2, -0.15) is 0 Å². The summed E-state index contributed by atoms with van der Waals surface area (Å²) >= 11 is 6.08. The monoisotopic (exact) mass is 400 g/mol. The molecule has 0 spiro atoms. The van der Waals surface area contributed by atoms with E-state index < -0.39 is 6.04 Å². The zero-order valence-corrected chi connectivity index (χ0v) is 17.3. The smallest absolute Gasteiger partial charge is 0.254 e. The Hall–Kier alpha value is -2.53. The van der Waals surface area contributed by atoms with Gasteiger partial charge in [-0.25, -0.2) is 0 Å². The highest BCUT2D eigenvalue weighted by atomic mass is 35.5. The summed E-state index contributed by atoms with van der Waals surface area (Å²) in [6.07, 6.45) is 0. The van der Waals surface area contributed by atoms with Crippen molar-refractivity contribution >= 4 is 29.1 Å². The molecule has 0 bridgehead atoms. The van der Waals surface area contributed by atoms with Crippen LogP contribution in [-0.4, -0.2) is 25.0 Å². The van der Waals surface area contributed by atoms with Crippen molar-refractivity contribution in [2.45, 2.75) is 39.2 Å². The minimum absolute atomic E-state index is 0.0875. The molecule has 28 heavy (non-hydrogen) atoms. The van der Waals surface area contributed by atoms with Crippen LogP contribution in [0.15, 0.2) is 42.5 Å². The Labute approximate surface area is 170 Å². The van der Waals surface area contributed by atoms with Crippen LogP contribution in [0.1, 0.15) is 44.9 Å². The Balaban J connectivity index is 1.69. The summed E-state index contributed by atoms with van der Waals surface area (Å²) in [5.74, 6) is 0.315. The molecule has 0 aromatic heterocycles. The highest BCUT2D eigenvalue weighted by Crippen LogP contribution is 2.37. The lowest BCUT2D eigenvalue weighted by Gasteiger charge is -2.20. The van der Waals surface area contributed by atoms with Gasteiger partial charge in [0.05, 0.1) is 6.54 Å². The summed E-state index contributed by atoms with van der Waals surface area (Å²) in [5, 5.41) is 3.23. The number of amides is 2. The molecule has 5 nitrogen and oxygen atoms in total. The molecule has 1 aliphatic rings. The van der Waals surface area contributed by atoms with Crippen LogP contribution >= 0.6 is 11.6 Å². The van der Waals surface area contributed by atoms with Crippen LogP contribution < -0.4 is 15.0 Å². The van der Waals surface area contributed by atoms with Crippen molar-refractivity contribution in [3.05, 3.63) is 58.6 Å². The van der Waals surface area contributed by atoms with Crippen molar-refractivity contribution in [3.8, 4) is 5.75 Å². The quantitative estimate of drug-likeness (QED) is 0.816. The molecule has 0 saturated heterocycles. The molecule has 1 heterocycles. The van der Waals surface area contributed by atoms with Crippen molar-refractivity contribution in [3.63, 3.8) is 0 Å². The lowest BCUT2D eigenvalue weighted by molar-refractivity contribution is -0.126. The molecule has 0 saturated carbocycles. The van der Waals surface area contributed by atoms with E-state index in [1.165, 1.54) is 12.5 Å². The van der Waals surface area contributed by atoms with Gasteiger partial charge in [-0.15, -0.1) is 0 Å². The van der Waals surface area contributed by atoms with E-state index in [0.717, 1.165) is 11.4 Å².